The fraction of sp³-hybridized carbons (Fsp3) is 0.818. The van der Waals surface area contributed by atoms with Crippen molar-refractivity contribution in [1.82, 2.24) is 4.90 Å². The summed E-state index contributed by atoms with van der Waals surface area (Å²) in [6.45, 7) is 6.05. The van der Waals surface area contributed by atoms with Crippen LogP contribution in [0.25, 0.3) is 0 Å². The summed E-state index contributed by atoms with van der Waals surface area (Å²) in [5, 5.41) is 8.92. The highest BCUT2D eigenvalue weighted by atomic mass is 16.4. The molecule has 1 N–H and O–H groups in total. The highest BCUT2D eigenvalue weighted by molar-refractivity contribution is 5.79. The number of amides is 1. The summed E-state index contributed by atoms with van der Waals surface area (Å²) in [7, 11) is 0. The molecule has 0 saturated carbocycles. The van der Waals surface area contributed by atoms with Crippen LogP contribution in [-0.4, -0.2) is 34.5 Å². The molecule has 1 fully saturated rings. The summed E-state index contributed by atoms with van der Waals surface area (Å²) < 4.78 is 0. The van der Waals surface area contributed by atoms with Crippen molar-refractivity contribution >= 4 is 11.9 Å². The molecule has 2 unspecified atom stereocenters. The zero-order valence-corrected chi connectivity index (χ0v) is 9.56. The molecule has 0 aliphatic carbocycles. The van der Waals surface area contributed by atoms with Crippen molar-refractivity contribution in [3.05, 3.63) is 0 Å². The van der Waals surface area contributed by atoms with E-state index in [1.807, 2.05) is 20.8 Å². The van der Waals surface area contributed by atoms with Gasteiger partial charge in [0.25, 0.3) is 0 Å². The van der Waals surface area contributed by atoms with Crippen molar-refractivity contribution in [2.75, 3.05) is 6.54 Å². The van der Waals surface area contributed by atoms with Gasteiger partial charge in [-0.05, 0) is 19.8 Å². The van der Waals surface area contributed by atoms with Crippen LogP contribution in [0.5, 0.6) is 0 Å². The largest absolute Gasteiger partial charge is 0.481 e. The number of hydrogen-bond donors (Lipinski definition) is 1. The van der Waals surface area contributed by atoms with Crippen LogP contribution >= 0.6 is 0 Å². The first-order valence-corrected chi connectivity index (χ1v) is 5.46. The average molecular weight is 213 g/mol. The maximum Gasteiger partial charge on any atom is 0.308 e. The number of piperidine rings is 1. The van der Waals surface area contributed by atoms with Gasteiger partial charge in [0.05, 0.1) is 5.92 Å². The third-order valence-electron chi connectivity index (χ3n) is 3.01. The predicted octanol–water partition coefficient (Wildman–Crippen LogP) is 1.35. The van der Waals surface area contributed by atoms with Crippen LogP contribution in [-0.2, 0) is 9.59 Å². The Morgan fingerprint density at radius 2 is 1.93 bits per heavy atom. The number of carboxylic acids is 1. The van der Waals surface area contributed by atoms with E-state index in [9.17, 15) is 9.59 Å². The molecule has 0 aromatic carbocycles. The number of aliphatic carboxylic acids is 1. The van der Waals surface area contributed by atoms with Crippen molar-refractivity contribution in [2.24, 2.45) is 11.8 Å². The van der Waals surface area contributed by atoms with Crippen molar-refractivity contribution in [3.63, 3.8) is 0 Å². The standard InChI is InChI=1S/C11H19NO3/c1-7(2)10(13)12-6-9(11(14)15)5-4-8(12)3/h7-9H,4-6H2,1-3H3,(H,14,15). The van der Waals surface area contributed by atoms with E-state index in [2.05, 4.69) is 0 Å². The van der Waals surface area contributed by atoms with Crippen LogP contribution in [0.15, 0.2) is 0 Å². The summed E-state index contributed by atoms with van der Waals surface area (Å²) in [4.78, 5) is 24.4. The molecule has 0 aromatic rings. The maximum absolute atomic E-state index is 11.8. The van der Waals surface area contributed by atoms with Crippen LogP contribution in [0, 0.1) is 11.8 Å². The fourth-order valence-corrected chi connectivity index (χ4v) is 1.95. The van der Waals surface area contributed by atoms with E-state index in [4.69, 9.17) is 5.11 Å². The van der Waals surface area contributed by atoms with E-state index >= 15 is 0 Å². The molecule has 1 amide bonds. The Morgan fingerprint density at radius 3 is 2.40 bits per heavy atom. The summed E-state index contributed by atoms with van der Waals surface area (Å²) in [5.74, 6) is -1.17. The highest BCUT2D eigenvalue weighted by Gasteiger charge is 2.33. The quantitative estimate of drug-likeness (QED) is 0.753. The topological polar surface area (TPSA) is 57.6 Å². The monoisotopic (exact) mass is 213 g/mol. The number of carboxylic acid groups (broad SMARTS) is 1. The minimum atomic E-state index is -0.788. The maximum atomic E-state index is 11.8. The van der Waals surface area contributed by atoms with Gasteiger partial charge in [-0.15, -0.1) is 0 Å². The van der Waals surface area contributed by atoms with Crippen molar-refractivity contribution in [1.29, 1.82) is 0 Å². The van der Waals surface area contributed by atoms with Crippen LogP contribution < -0.4 is 0 Å². The molecule has 15 heavy (non-hydrogen) atoms. The zero-order chi connectivity index (χ0) is 11.6. The molecular formula is C11H19NO3. The Labute approximate surface area is 90.3 Å². The van der Waals surface area contributed by atoms with Crippen LogP contribution in [0.1, 0.15) is 33.6 Å². The predicted molar refractivity (Wildman–Crippen MR) is 56.4 cm³/mol. The molecule has 4 heteroatoms. The second-order valence-electron chi connectivity index (χ2n) is 4.61. The molecule has 86 valence electrons. The zero-order valence-electron chi connectivity index (χ0n) is 9.56. The number of carbonyl (C=O) groups excluding carboxylic acids is 1. The second-order valence-corrected chi connectivity index (χ2v) is 4.61. The SMILES string of the molecule is CC(C)C(=O)N1CC(C(=O)O)CCC1C. The number of carbonyl (C=O) groups is 2. The normalized spacial score (nSPS) is 26.8. The molecule has 1 saturated heterocycles. The third-order valence-corrected chi connectivity index (χ3v) is 3.01. The van der Waals surface area contributed by atoms with Crippen LogP contribution in [0.2, 0.25) is 0 Å². The molecule has 1 aliphatic heterocycles. The number of likely N-dealkylation sites (tertiary alicyclic amines) is 1. The third kappa shape index (κ3) is 2.70. The lowest BCUT2D eigenvalue weighted by Crippen LogP contribution is -2.48. The second kappa shape index (κ2) is 4.64. The molecule has 1 aliphatic rings. The lowest BCUT2D eigenvalue weighted by molar-refractivity contribution is -0.148. The highest BCUT2D eigenvalue weighted by Crippen LogP contribution is 2.23. The lowest BCUT2D eigenvalue weighted by Gasteiger charge is -2.37. The Kier molecular flexibility index (Phi) is 3.72. The van der Waals surface area contributed by atoms with Crippen LogP contribution in [0.3, 0.4) is 0 Å². The number of hydrogen-bond acceptors (Lipinski definition) is 2. The molecule has 4 nitrogen and oxygen atoms in total. The number of nitrogens with zero attached hydrogens (tertiary/aromatic N) is 1. The van der Waals surface area contributed by atoms with Gasteiger partial charge < -0.3 is 10.0 Å². The molecule has 1 rings (SSSR count). The Morgan fingerprint density at radius 1 is 1.33 bits per heavy atom. The van der Waals surface area contributed by atoms with Crippen molar-refractivity contribution in [3.8, 4) is 0 Å². The van der Waals surface area contributed by atoms with E-state index in [-0.39, 0.29) is 23.8 Å². The van der Waals surface area contributed by atoms with Crippen LogP contribution in [0.4, 0.5) is 0 Å². The first-order chi connectivity index (χ1) is 6.93. The summed E-state index contributed by atoms with van der Waals surface area (Å²) in [6, 6.07) is 0.176. The first-order valence-electron chi connectivity index (χ1n) is 5.46. The van der Waals surface area contributed by atoms with Gasteiger partial charge >= 0.3 is 5.97 Å². The summed E-state index contributed by atoms with van der Waals surface area (Å²) >= 11 is 0. The van der Waals surface area contributed by atoms with E-state index in [1.54, 1.807) is 4.90 Å². The smallest absolute Gasteiger partial charge is 0.308 e. The molecule has 1 heterocycles. The summed E-state index contributed by atoms with van der Waals surface area (Å²) in [6.07, 6.45) is 1.47. The molecule has 0 radical (unpaired) electrons. The van der Waals surface area contributed by atoms with E-state index < -0.39 is 5.97 Å². The minimum absolute atomic E-state index is 0.0556. The van der Waals surface area contributed by atoms with E-state index in [1.165, 1.54) is 0 Å². The van der Waals surface area contributed by atoms with Gasteiger partial charge in [-0.1, -0.05) is 13.8 Å². The molecule has 2 atom stereocenters. The Balaban J connectivity index is 2.69. The van der Waals surface area contributed by atoms with Crippen molar-refractivity contribution < 1.29 is 14.7 Å². The Hall–Kier alpha value is -1.06. The minimum Gasteiger partial charge on any atom is -0.481 e. The Bertz CT molecular complexity index is 263. The van der Waals surface area contributed by atoms with Gasteiger partial charge in [-0.25, -0.2) is 0 Å². The van der Waals surface area contributed by atoms with E-state index in [0.29, 0.717) is 13.0 Å². The molecule has 0 aromatic heterocycles. The number of rotatable bonds is 2. The van der Waals surface area contributed by atoms with E-state index in [0.717, 1.165) is 6.42 Å². The van der Waals surface area contributed by atoms with Gasteiger partial charge in [0.15, 0.2) is 0 Å². The fourth-order valence-electron chi connectivity index (χ4n) is 1.95. The molecule has 0 bridgehead atoms. The average Bonchev–Trinajstić information content (AvgIpc) is 2.16. The van der Waals surface area contributed by atoms with Gasteiger partial charge in [0, 0.05) is 18.5 Å². The first kappa shape index (κ1) is 12.0. The van der Waals surface area contributed by atoms with Gasteiger partial charge in [-0.2, -0.15) is 0 Å². The van der Waals surface area contributed by atoms with Crippen molar-refractivity contribution in [2.45, 2.75) is 39.7 Å². The van der Waals surface area contributed by atoms with Gasteiger partial charge in [0.2, 0.25) is 5.91 Å². The van der Waals surface area contributed by atoms with Gasteiger partial charge in [-0.3, -0.25) is 9.59 Å². The lowest BCUT2D eigenvalue weighted by atomic mass is 9.92. The van der Waals surface area contributed by atoms with Gasteiger partial charge in [0.1, 0.15) is 0 Å². The molecule has 0 spiro atoms. The molecular weight excluding hydrogens is 194 g/mol. The summed E-state index contributed by atoms with van der Waals surface area (Å²) in [5.41, 5.74) is 0.